The molecule has 90 valence electrons. The first kappa shape index (κ1) is 11.9. The summed E-state index contributed by atoms with van der Waals surface area (Å²) >= 11 is 0. The molecule has 0 saturated carbocycles. The Bertz CT molecular complexity index is 462. The zero-order valence-corrected chi connectivity index (χ0v) is 10.7. The molecular weight excluding hydrogens is 210 g/mol. The Labute approximate surface area is 103 Å². The zero-order chi connectivity index (χ0) is 12.6. The second-order valence-corrected chi connectivity index (χ2v) is 5.19. The molecule has 0 saturated heterocycles. The van der Waals surface area contributed by atoms with E-state index in [4.69, 9.17) is 0 Å². The van der Waals surface area contributed by atoms with E-state index in [0.29, 0.717) is 5.92 Å². The molecule has 1 aromatic rings. The summed E-state index contributed by atoms with van der Waals surface area (Å²) in [5.74, 6) is 0.609. The fourth-order valence-corrected chi connectivity index (χ4v) is 2.48. The fraction of sp³-hybridized carbons (Fsp3) is 0.400. The molecule has 2 nitrogen and oxygen atoms in total. The molecule has 0 bridgehead atoms. The molecule has 1 heterocycles. The van der Waals surface area contributed by atoms with E-state index >= 15 is 0 Å². The first-order valence-electron chi connectivity index (χ1n) is 6.07. The van der Waals surface area contributed by atoms with Crippen molar-refractivity contribution in [2.75, 3.05) is 6.54 Å². The van der Waals surface area contributed by atoms with Crippen molar-refractivity contribution in [3.05, 3.63) is 47.5 Å². The minimum absolute atomic E-state index is 0.0566. The van der Waals surface area contributed by atoms with Gasteiger partial charge in [-0.05, 0) is 24.5 Å². The molecule has 0 fully saturated rings. The third-order valence-corrected chi connectivity index (χ3v) is 3.09. The Morgan fingerprint density at radius 2 is 2.06 bits per heavy atom. The number of carbonyl (C=O) groups is 1. The maximum absolute atomic E-state index is 12.3. The van der Waals surface area contributed by atoms with Gasteiger partial charge in [-0.2, -0.15) is 0 Å². The summed E-state index contributed by atoms with van der Waals surface area (Å²) in [6.07, 6.45) is 0. The Balaban J connectivity index is 2.44. The van der Waals surface area contributed by atoms with Crippen LogP contribution in [0.25, 0.3) is 0 Å². The van der Waals surface area contributed by atoms with Crippen LogP contribution in [0.4, 0.5) is 0 Å². The Morgan fingerprint density at radius 3 is 2.65 bits per heavy atom. The van der Waals surface area contributed by atoms with Crippen molar-refractivity contribution in [3.63, 3.8) is 0 Å². The molecule has 1 amide bonds. The first-order valence-corrected chi connectivity index (χ1v) is 6.07. The average Bonchev–Trinajstić information content (AvgIpc) is 2.52. The predicted molar refractivity (Wildman–Crippen MR) is 69.9 cm³/mol. The molecule has 1 aliphatic heterocycles. The molecule has 0 aliphatic carbocycles. The van der Waals surface area contributed by atoms with Crippen molar-refractivity contribution in [3.8, 4) is 0 Å². The highest BCUT2D eigenvalue weighted by molar-refractivity contribution is 5.99. The van der Waals surface area contributed by atoms with Gasteiger partial charge in [-0.3, -0.25) is 4.79 Å². The van der Waals surface area contributed by atoms with Crippen LogP contribution in [0.5, 0.6) is 0 Å². The molecule has 17 heavy (non-hydrogen) atoms. The van der Waals surface area contributed by atoms with E-state index in [9.17, 15) is 4.79 Å². The number of fused-ring (bicyclic) bond motifs is 1. The van der Waals surface area contributed by atoms with E-state index in [1.807, 2.05) is 36.1 Å². The molecular formula is C15H19NO. The lowest BCUT2D eigenvalue weighted by atomic mass is 10.00. The lowest BCUT2D eigenvalue weighted by Gasteiger charge is -2.27. The number of carbonyl (C=O) groups excluding carboxylic acids is 1. The van der Waals surface area contributed by atoms with Gasteiger partial charge < -0.3 is 4.90 Å². The molecule has 0 N–H and O–H groups in total. The van der Waals surface area contributed by atoms with Gasteiger partial charge in [0, 0.05) is 12.1 Å². The minimum atomic E-state index is 0.0566. The van der Waals surface area contributed by atoms with E-state index in [2.05, 4.69) is 20.4 Å². The molecule has 2 rings (SSSR count). The predicted octanol–water partition coefficient (Wildman–Crippen LogP) is 3.42. The van der Waals surface area contributed by atoms with Crippen molar-refractivity contribution in [2.45, 2.75) is 26.8 Å². The van der Waals surface area contributed by atoms with Gasteiger partial charge in [0.2, 0.25) is 0 Å². The van der Waals surface area contributed by atoms with Crippen molar-refractivity contribution < 1.29 is 4.79 Å². The quantitative estimate of drug-likeness (QED) is 0.727. The Morgan fingerprint density at radius 1 is 1.41 bits per heavy atom. The number of rotatable bonds is 3. The van der Waals surface area contributed by atoms with Gasteiger partial charge in [0.15, 0.2) is 0 Å². The second-order valence-electron chi connectivity index (χ2n) is 5.19. The highest BCUT2D eigenvalue weighted by atomic mass is 16.2. The number of hydrogen-bond acceptors (Lipinski definition) is 1. The fourth-order valence-electron chi connectivity index (χ4n) is 2.48. The Kier molecular flexibility index (Phi) is 3.05. The van der Waals surface area contributed by atoms with E-state index < -0.39 is 0 Å². The van der Waals surface area contributed by atoms with Crippen molar-refractivity contribution in [1.82, 2.24) is 4.90 Å². The van der Waals surface area contributed by atoms with Crippen LogP contribution < -0.4 is 0 Å². The molecule has 1 aromatic carbocycles. The average molecular weight is 229 g/mol. The normalized spacial score (nSPS) is 18.7. The lowest BCUT2D eigenvalue weighted by molar-refractivity contribution is 0.0725. The molecule has 1 aliphatic rings. The van der Waals surface area contributed by atoms with E-state index in [1.54, 1.807) is 0 Å². The lowest BCUT2D eigenvalue weighted by Crippen LogP contribution is -2.32. The summed E-state index contributed by atoms with van der Waals surface area (Å²) < 4.78 is 0. The van der Waals surface area contributed by atoms with E-state index in [-0.39, 0.29) is 11.9 Å². The number of benzene rings is 1. The summed E-state index contributed by atoms with van der Waals surface area (Å²) in [6, 6.07) is 7.91. The SMILES string of the molecule is C=C(C)C1c2ccccc2C(=O)N1CC(C)C. The number of nitrogens with zero attached hydrogens (tertiary/aromatic N) is 1. The summed E-state index contributed by atoms with van der Waals surface area (Å²) in [6.45, 7) is 11.1. The highest BCUT2D eigenvalue weighted by Gasteiger charge is 2.36. The largest absolute Gasteiger partial charge is 0.328 e. The maximum atomic E-state index is 12.3. The van der Waals surface area contributed by atoms with Gasteiger partial charge >= 0.3 is 0 Å². The molecule has 1 unspecified atom stereocenters. The smallest absolute Gasteiger partial charge is 0.255 e. The zero-order valence-electron chi connectivity index (χ0n) is 10.7. The van der Waals surface area contributed by atoms with Crippen LogP contribution in [0.3, 0.4) is 0 Å². The molecule has 0 radical (unpaired) electrons. The summed E-state index contributed by atoms with van der Waals surface area (Å²) in [4.78, 5) is 14.3. The van der Waals surface area contributed by atoms with E-state index in [0.717, 1.165) is 23.2 Å². The van der Waals surface area contributed by atoms with Crippen molar-refractivity contribution >= 4 is 5.91 Å². The summed E-state index contributed by atoms with van der Waals surface area (Å²) in [5, 5.41) is 0. The first-order chi connectivity index (χ1) is 8.02. The minimum Gasteiger partial charge on any atom is -0.328 e. The van der Waals surface area contributed by atoms with Gasteiger partial charge in [-0.25, -0.2) is 0 Å². The topological polar surface area (TPSA) is 20.3 Å². The monoisotopic (exact) mass is 229 g/mol. The van der Waals surface area contributed by atoms with Crippen LogP contribution >= 0.6 is 0 Å². The van der Waals surface area contributed by atoms with Crippen molar-refractivity contribution in [1.29, 1.82) is 0 Å². The highest BCUT2D eigenvalue weighted by Crippen LogP contribution is 2.37. The number of hydrogen-bond donors (Lipinski definition) is 0. The van der Waals surface area contributed by atoms with Gasteiger partial charge in [0.25, 0.3) is 5.91 Å². The summed E-state index contributed by atoms with van der Waals surface area (Å²) in [5.41, 5.74) is 2.97. The van der Waals surface area contributed by atoms with Crippen LogP contribution in [0, 0.1) is 5.92 Å². The van der Waals surface area contributed by atoms with E-state index in [1.165, 1.54) is 0 Å². The standard InChI is InChI=1S/C15H19NO/c1-10(2)9-16-14(11(3)4)12-7-5-6-8-13(12)15(16)17/h5-8,10,14H,3,9H2,1-2,4H3. The van der Waals surface area contributed by atoms with Crippen LogP contribution in [-0.2, 0) is 0 Å². The third kappa shape index (κ3) is 1.99. The van der Waals surface area contributed by atoms with Gasteiger partial charge in [0.05, 0.1) is 6.04 Å². The Hall–Kier alpha value is -1.57. The second kappa shape index (κ2) is 4.36. The van der Waals surface area contributed by atoms with Crippen LogP contribution in [-0.4, -0.2) is 17.4 Å². The van der Waals surface area contributed by atoms with Crippen molar-refractivity contribution in [2.24, 2.45) is 5.92 Å². The number of amides is 1. The molecule has 0 spiro atoms. The van der Waals surface area contributed by atoms with Gasteiger partial charge in [-0.15, -0.1) is 0 Å². The third-order valence-electron chi connectivity index (χ3n) is 3.09. The molecule has 1 atom stereocenters. The molecule has 2 heteroatoms. The maximum Gasteiger partial charge on any atom is 0.255 e. The van der Waals surface area contributed by atoms with Crippen LogP contribution in [0.1, 0.15) is 42.7 Å². The summed E-state index contributed by atoms with van der Waals surface area (Å²) in [7, 11) is 0. The van der Waals surface area contributed by atoms with Crippen LogP contribution in [0.15, 0.2) is 36.4 Å². The van der Waals surface area contributed by atoms with Gasteiger partial charge in [-0.1, -0.05) is 44.2 Å². The van der Waals surface area contributed by atoms with Crippen LogP contribution in [0.2, 0.25) is 0 Å². The van der Waals surface area contributed by atoms with Gasteiger partial charge in [0.1, 0.15) is 0 Å². The molecule has 0 aromatic heterocycles.